The smallest absolute Gasteiger partial charge is 0.144 e. The topological polar surface area (TPSA) is 62.3 Å². The van der Waals surface area contributed by atoms with Gasteiger partial charge in [-0.15, -0.1) is 0 Å². The Bertz CT molecular complexity index is 384. The predicted molar refractivity (Wildman–Crippen MR) is 65.5 cm³/mol. The highest BCUT2D eigenvalue weighted by atomic mass is 16.5. The lowest BCUT2D eigenvalue weighted by Gasteiger charge is -2.21. The molecule has 0 radical (unpaired) electrons. The first kappa shape index (κ1) is 12.2. The van der Waals surface area contributed by atoms with Crippen LogP contribution in [-0.2, 0) is 0 Å². The molecule has 0 amide bonds. The molecule has 0 saturated carbocycles. The normalized spacial score (nSPS) is 9.56. The van der Waals surface area contributed by atoms with Crippen LogP contribution < -0.4 is 15.4 Å². The summed E-state index contributed by atoms with van der Waals surface area (Å²) in [7, 11) is 1.92. The molecule has 4 heteroatoms. The Hall–Kier alpha value is -1.89. The van der Waals surface area contributed by atoms with Crippen molar-refractivity contribution in [2.24, 2.45) is 0 Å². The van der Waals surface area contributed by atoms with Gasteiger partial charge in [0.1, 0.15) is 5.75 Å². The maximum Gasteiger partial charge on any atom is 0.144 e. The first-order chi connectivity index (χ1) is 7.70. The summed E-state index contributed by atoms with van der Waals surface area (Å²) in [5.41, 5.74) is 7.53. The van der Waals surface area contributed by atoms with Crippen LogP contribution in [0.2, 0.25) is 0 Å². The second-order valence-electron chi connectivity index (χ2n) is 3.45. The molecule has 0 aliphatic rings. The second-order valence-corrected chi connectivity index (χ2v) is 3.45. The maximum absolute atomic E-state index is 8.54. The number of benzene rings is 1. The van der Waals surface area contributed by atoms with E-state index in [1.54, 1.807) is 0 Å². The van der Waals surface area contributed by atoms with E-state index in [9.17, 15) is 0 Å². The lowest BCUT2D eigenvalue weighted by Crippen LogP contribution is -2.19. The average Bonchev–Trinajstić information content (AvgIpc) is 2.29. The molecular formula is C12H17N3O. The highest BCUT2D eigenvalue weighted by Gasteiger charge is 2.09. The van der Waals surface area contributed by atoms with Crippen molar-refractivity contribution in [2.75, 3.05) is 30.8 Å². The monoisotopic (exact) mass is 219 g/mol. The van der Waals surface area contributed by atoms with Gasteiger partial charge in [0.15, 0.2) is 0 Å². The van der Waals surface area contributed by atoms with Crippen molar-refractivity contribution in [2.45, 2.75) is 13.3 Å². The predicted octanol–water partition coefficient (Wildman–Crippen LogP) is 2.02. The highest BCUT2D eigenvalue weighted by Crippen LogP contribution is 2.31. The Labute approximate surface area is 96.2 Å². The van der Waals surface area contributed by atoms with Gasteiger partial charge in [-0.05, 0) is 19.1 Å². The van der Waals surface area contributed by atoms with E-state index in [1.807, 2.05) is 37.1 Å². The van der Waals surface area contributed by atoms with E-state index < -0.39 is 0 Å². The fourth-order valence-electron chi connectivity index (χ4n) is 1.48. The van der Waals surface area contributed by atoms with E-state index >= 15 is 0 Å². The number of nitriles is 1. The van der Waals surface area contributed by atoms with E-state index in [0.29, 0.717) is 31.0 Å². The molecule has 0 aliphatic carbocycles. The van der Waals surface area contributed by atoms with E-state index in [1.165, 1.54) is 0 Å². The third-order valence-corrected chi connectivity index (χ3v) is 2.31. The van der Waals surface area contributed by atoms with Crippen LogP contribution >= 0.6 is 0 Å². The number of rotatable bonds is 5. The second kappa shape index (κ2) is 5.86. The van der Waals surface area contributed by atoms with Gasteiger partial charge in [0.2, 0.25) is 0 Å². The molecule has 0 bridgehead atoms. The number of nitrogens with zero attached hydrogens (tertiary/aromatic N) is 2. The van der Waals surface area contributed by atoms with Gasteiger partial charge in [-0.1, -0.05) is 6.07 Å². The van der Waals surface area contributed by atoms with E-state index in [-0.39, 0.29) is 0 Å². The minimum Gasteiger partial charge on any atom is -0.492 e. The highest BCUT2D eigenvalue weighted by molar-refractivity contribution is 5.73. The number of anilines is 2. The third kappa shape index (κ3) is 2.80. The summed E-state index contributed by atoms with van der Waals surface area (Å²) in [6, 6.07) is 7.79. The Morgan fingerprint density at radius 2 is 2.25 bits per heavy atom. The van der Waals surface area contributed by atoms with Crippen molar-refractivity contribution in [3.8, 4) is 11.8 Å². The van der Waals surface area contributed by atoms with Crippen molar-refractivity contribution < 1.29 is 4.74 Å². The molecule has 0 saturated heterocycles. The summed E-state index contributed by atoms with van der Waals surface area (Å²) in [4.78, 5) is 1.96. The summed E-state index contributed by atoms with van der Waals surface area (Å²) in [5.74, 6) is 0.698. The summed E-state index contributed by atoms with van der Waals surface area (Å²) in [6.45, 7) is 3.18. The molecule has 0 fully saturated rings. The first-order valence-corrected chi connectivity index (χ1v) is 5.30. The van der Waals surface area contributed by atoms with Gasteiger partial charge in [0, 0.05) is 13.6 Å². The van der Waals surface area contributed by atoms with E-state index in [2.05, 4.69) is 6.07 Å². The van der Waals surface area contributed by atoms with Crippen LogP contribution in [0.15, 0.2) is 18.2 Å². The van der Waals surface area contributed by atoms with Gasteiger partial charge in [-0.25, -0.2) is 0 Å². The SMILES string of the molecule is CCOc1cccc(N(C)CCC#N)c1N. The molecule has 4 nitrogen and oxygen atoms in total. The van der Waals surface area contributed by atoms with Crippen molar-refractivity contribution in [1.29, 1.82) is 5.26 Å². The van der Waals surface area contributed by atoms with E-state index in [0.717, 1.165) is 5.69 Å². The Morgan fingerprint density at radius 3 is 2.88 bits per heavy atom. The van der Waals surface area contributed by atoms with Gasteiger partial charge in [0.05, 0.1) is 30.5 Å². The zero-order valence-electron chi connectivity index (χ0n) is 9.73. The Morgan fingerprint density at radius 1 is 1.50 bits per heavy atom. The number of ether oxygens (including phenoxy) is 1. The average molecular weight is 219 g/mol. The molecule has 1 aromatic rings. The number of hydrogen-bond acceptors (Lipinski definition) is 4. The summed E-state index contributed by atoms with van der Waals surface area (Å²) in [5, 5.41) is 8.54. The maximum atomic E-state index is 8.54. The fraction of sp³-hybridized carbons (Fsp3) is 0.417. The lowest BCUT2D eigenvalue weighted by atomic mass is 10.2. The number of para-hydroxylation sites is 1. The molecule has 1 rings (SSSR count). The quantitative estimate of drug-likeness (QED) is 0.769. The zero-order chi connectivity index (χ0) is 12.0. The Balaban J connectivity index is 2.87. The minimum atomic E-state index is 0.481. The molecular weight excluding hydrogens is 202 g/mol. The van der Waals surface area contributed by atoms with Crippen molar-refractivity contribution in [3.05, 3.63) is 18.2 Å². The van der Waals surface area contributed by atoms with E-state index in [4.69, 9.17) is 15.7 Å². The van der Waals surface area contributed by atoms with Crippen LogP contribution in [0.25, 0.3) is 0 Å². The van der Waals surface area contributed by atoms with Crippen LogP contribution in [0.3, 0.4) is 0 Å². The third-order valence-electron chi connectivity index (χ3n) is 2.31. The van der Waals surface area contributed by atoms with Gasteiger partial charge in [0.25, 0.3) is 0 Å². The molecule has 0 aromatic heterocycles. The first-order valence-electron chi connectivity index (χ1n) is 5.30. The molecule has 16 heavy (non-hydrogen) atoms. The fourth-order valence-corrected chi connectivity index (χ4v) is 1.48. The minimum absolute atomic E-state index is 0.481. The van der Waals surface area contributed by atoms with Gasteiger partial charge in [-0.3, -0.25) is 0 Å². The van der Waals surface area contributed by atoms with Crippen molar-refractivity contribution in [3.63, 3.8) is 0 Å². The largest absolute Gasteiger partial charge is 0.492 e. The van der Waals surface area contributed by atoms with Crippen molar-refractivity contribution >= 4 is 11.4 Å². The van der Waals surface area contributed by atoms with Gasteiger partial charge < -0.3 is 15.4 Å². The molecule has 86 valence electrons. The summed E-state index contributed by atoms with van der Waals surface area (Å²) < 4.78 is 5.42. The molecule has 0 aliphatic heterocycles. The molecule has 0 heterocycles. The van der Waals surface area contributed by atoms with Crippen molar-refractivity contribution in [1.82, 2.24) is 0 Å². The van der Waals surface area contributed by atoms with Crippen LogP contribution in [0.4, 0.5) is 11.4 Å². The number of nitrogen functional groups attached to an aromatic ring is 1. The number of hydrogen-bond donors (Lipinski definition) is 1. The van der Waals surface area contributed by atoms with Gasteiger partial charge >= 0.3 is 0 Å². The molecule has 2 N–H and O–H groups in total. The summed E-state index contributed by atoms with van der Waals surface area (Å²) in [6.07, 6.45) is 0.481. The van der Waals surface area contributed by atoms with Crippen LogP contribution in [-0.4, -0.2) is 20.2 Å². The molecule has 0 atom stereocenters. The molecule has 1 aromatic carbocycles. The van der Waals surface area contributed by atoms with Gasteiger partial charge in [-0.2, -0.15) is 5.26 Å². The van der Waals surface area contributed by atoms with Crippen LogP contribution in [0.5, 0.6) is 5.75 Å². The summed E-state index contributed by atoms with van der Waals surface area (Å²) >= 11 is 0. The molecule has 0 spiro atoms. The Kier molecular flexibility index (Phi) is 4.46. The zero-order valence-corrected chi connectivity index (χ0v) is 9.73. The molecule has 0 unspecified atom stereocenters. The lowest BCUT2D eigenvalue weighted by molar-refractivity contribution is 0.342. The standard InChI is InChI=1S/C12H17N3O/c1-3-16-11-7-4-6-10(12(11)14)15(2)9-5-8-13/h4,6-7H,3,5,9,14H2,1-2H3. The number of nitrogens with two attached hydrogens (primary N) is 1. The van der Waals surface area contributed by atoms with Crippen LogP contribution in [0, 0.1) is 11.3 Å². The van der Waals surface area contributed by atoms with Crippen LogP contribution in [0.1, 0.15) is 13.3 Å².